The molecule has 0 radical (unpaired) electrons. The van der Waals surface area contributed by atoms with E-state index >= 15 is 0 Å². The van der Waals surface area contributed by atoms with Gasteiger partial charge in [0.2, 0.25) is 5.91 Å². The maximum absolute atomic E-state index is 13.8. The number of nitrogens with zero attached hydrogens (tertiary/aromatic N) is 4. The first-order valence-electron chi connectivity index (χ1n) is 12.5. The first-order valence-corrected chi connectivity index (χ1v) is 13.4. The Morgan fingerprint density at radius 3 is 2.63 bits per heavy atom. The van der Waals surface area contributed by atoms with E-state index in [4.69, 9.17) is 0 Å². The van der Waals surface area contributed by atoms with Crippen LogP contribution in [0.2, 0.25) is 0 Å². The van der Waals surface area contributed by atoms with Crippen molar-refractivity contribution in [1.82, 2.24) is 25.1 Å². The number of aromatic nitrogens is 2. The summed E-state index contributed by atoms with van der Waals surface area (Å²) in [5, 5.41) is 3.11. The molecule has 188 valence electrons. The van der Waals surface area contributed by atoms with Crippen molar-refractivity contribution in [1.29, 1.82) is 0 Å². The second-order valence-electron chi connectivity index (χ2n) is 10.1. The van der Waals surface area contributed by atoms with E-state index in [2.05, 4.69) is 29.1 Å². The number of piperidine rings is 1. The highest BCUT2D eigenvalue weighted by Crippen LogP contribution is 2.38. The van der Waals surface area contributed by atoms with E-state index in [1.807, 2.05) is 35.5 Å². The number of aryl methyl sites for hydroxylation is 2. The summed E-state index contributed by atoms with van der Waals surface area (Å²) in [6.45, 7) is 7.63. The number of hydrogen-bond donors (Lipinski definition) is 1. The van der Waals surface area contributed by atoms with Crippen LogP contribution < -0.4 is 5.32 Å². The Morgan fingerprint density at radius 2 is 2.00 bits per heavy atom. The molecular weight excluding hydrogens is 462 g/mol. The molecule has 2 saturated heterocycles. The van der Waals surface area contributed by atoms with Gasteiger partial charge in [-0.15, -0.1) is 11.3 Å². The van der Waals surface area contributed by atoms with Crippen LogP contribution in [0.5, 0.6) is 0 Å². The Morgan fingerprint density at radius 1 is 1.23 bits per heavy atom. The molecule has 2 aromatic heterocycles. The molecule has 35 heavy (non-hydrogen) atoms. The van der Waals surface area contributed by atoms with Gasteiger partial charge in [-0.2, -0.15) is 0 Å². The van der Waals surface area contributed by atoms with Crippen molar-refractivity contribution in [2.24, 2.45) is 11.8 Å². The summed E-state index contributed by atoms with van der Waals surface area (Å²) < 4.78 is 0. The molecule has 4 heterocycles. The largest absolute Gasteiger partial charge is 0.343 e. The lowest BCUT2D eigenvalue weighted by molar-refractivity contribution is -0.136. The number of carbonyl (C=O) groups excluding carboxylic acids is 3. The lowest BCUT2D eigenvalue weighted by Crippen LogP contribution is -2.56. The van der Waals surface area contributed by atoms with Crippen molar-refractivity contribution in [3.05, 3.63) is 46.2 Å². The van der Waals surface area contributed by atoms with E-state index in [0.29, 0.717) is 56.8 Å². The maximum atomic E-state index is 13.8. The predicted molar refractivity (Wildman–Crippen MR) is 135 cm³/mol. The summed E-state index contributed by atoms with van der Waals surface area (Å²) in [4.78, 5) is 52.6. The maximum Gasteiger partial charge on any atom is 0.325 e. The molecular formula is C26H35N5O3S. The minimum atomic E-state index is -0.912. The van der Waals surface area contributed by atoms with Crippen LogP contribution in [0.15, 0.2) is 29.9 Å². The normalized spacial score (nSPS) is 21.1. The molecule has 2 fully saturated rings. The zero-order valence-electron chi connectivity index (χ0n) is 20.8. The molecule has 2 aliphatic rings. The first-order chi connectivity index (χ1) is 16.8. The summed E-state index contributed by atoms with van der Waals surface area (Å²) >= 11 is 1.59. The average molecular weight is 498 g/mol. The third-order valence-electron chi connectivity index (χ3n) is 7.32. The number of pyridine rings is 1. The van der Waals surface area contributed by atoms with Crippen LogP contribution >= 0.6 is 11.3 Å². The molecule has 1 N–H and O–H groups in total. The molecule has 2 aromatic rings. The van der Waals surface area contributed by atoms with Gasteiger partial charge in [-0.05, 0) is 63.0 Å². The van der Waals surface area contributed by atoms with Gasteiger partial charge in [0.25, 0.3) is 5.91 Å². The van der Waals surface area contributed by atoms with Crippen molar-refractivity contribution in [2.75, 3.05) is 13.1 Å². The molecule has 2 aliphatic heterocycles. The topological polar surface area (TPSA) is 95.5 Å². The van der Waals surface area contributed by atoms with Crippen LogP contribution in [-0.4, -0.2) is 56.2 Å². The zero-order chi connectivity index (χ0) is 25.0. The van der Waals surface area contributed by atoms with Gasteiger partial charge in [-0.1, -0.05) is 19.9 Å². The molecule has 4 amide bonds. The van der Waals surface area contributed by atoms with Gasteiger partial charge in [0.1, 0.15) is 5.54 Å². The van der Waals surface area contributed by atoms with E-state index in [9.17, 15) is 14.4 Å². The summed E-state index contributed by atoms with van der Waals surface area (Å²) in [5.74, 6) is 0.405. The fourth-order valence-electron chi connectivity index (χ4n) is 5.18. The third kappa shape index (κ3) is 5.55. The van der Waals surface area contributed by atoms with Crippen molar-refractivity contribution in [3.8, 4) is 0 Å². The van der Waals surface area contributed by atoms with Crippen LogP contribution in [0.25, 0.3) is 0 Å². The number of nitrogens with one attached hydrogen (secondary N) is 1. The minimum Gasteiger partial charge on any atom is -0.343 e. The third-order valence-corrected chi connectivity index (χ3v) is 8.31. The van der Waals surface area contributed by atoms with Crippen LogP contribution in [0, 0.1) is 18.8 Å². The van der Waals surface area contributed by atoms with Crippen molar-refractivity contribution < 1.29 is 14.4 Å². The Bertz CT molecular complexity index is 1050. The molecule has 0 bridgehead atoms. The summed E-state index contributed by atoms with van der Waals surface area (Å²) in [7, 11) is 0. The second kappa shape index (κ2) is 10.8. The van der Waals surface area contributed by atoms with Crippen LogP contribution in [0.4, 0.5) is 4.79 Å². The van der Waals surface area contributed by atoms with Crippen LogP contribution in [0.3, 0.4) is 0 Å². The van der Waals surface area contributed by atoms with Gasteiger partial charge in [0.05, 0.1) is 23.4 Å². The molecule has 0 unspecified atom stereocenters. The number of carbonyl (C=O) groups is 3. The standard InChI is InChI=1S/C26H35N5O3S/c1-18(2)9-12-26(24(33)31(25(34)29-26)16-21-6-4-5-13-27-21)20-10-14-30(15-11-20)23(32)8-7-22-19(3)28-17-35-22/h4-6,13,17-18,20H,7-12,14-16H2,1-3H3,(H,29,34)/t26-/m0/s1. The summed E-state index contributed by atoms with van der Waals surface area (Å²) in [5.41, 5.74) is 2.60. The molecule has 8 nitrogen and oxygen atoms in total. The van der Waals surface area contributed by atoms with Gasteiger partial charge in [-0.3, -0.25) is 19.5 Å². The molecule has 0 aromatic carbocycles. The monoisotopic (exact) mass is 497 g/mol. The fraction of sp³-hybridized carbons (Fsp3) is 0.577. The molecule has 1 atom stereocenters. The molecule has 0 aliphatic carbocycles. The van der Waals surface area contributed by atoms with E-state index in [1.165, 1.54) is 4.90 Å². The number of likely N-dealkylation sites (tertiary alicyclic amines) is 1. The number of hydrogen-bond acceptors (Lipinski definition) is 6. The molecule has 4 rings (SSSR count). The average Bonchev–Trinajstić information content (AvgIpc) is 3.38. The van der Waals surface area contributed by atoms with E-state index in [0.717, 1.165) is 17.0 Å². The lowest BCUT2D eigenvalue weighted by atomic mass is 9.73. The summed E-state index contributed by atoms with van der Waals surface area (Å²) in [6, 6.07) is 5.15. The Balaban J connectivity index is 1.43. The predicted octanol–water partition coefficient (Wildman–Crippen LogP) is 3.94. The van der Waals surface area contributed by atoms with Gasteiger partial charge in [0.15, 0.2) is 0 Å². The van der Waals surface area contributed by atoms with Gasteiger partial charge < -0.3 is 10.2 Å². The number of rotatable bonds is 9. The zero-order valence-corrected chi connectivity index (χ0v) is 21.6. The highest BCUT2D eigenvalue weighted by atomic mass is 32.1. The van der Waals surface area contributed by atoms with Gasteiger partial charge in [-0.25, -0.2) is 9.78 Å². The second-order valence-corrected chi connectivity index (χ2v) is 11.0. The SMILES string of the molecule is Cc1ncsc1CCC(=O)N1CCC([C@]2(CCC(C)C)NC(=O)N(Cc3ccccn3)C2=O)CC1. The number of amides is 4. The van der Waals surface area contributed by atoms with E-state index in [1.54, 1.807) is 17.5 Å². The lowest BCUT2D eigenvalue weighted by Gasteiger charge is -2.41. The van der Waals surface area contributed by atoms with Gasteiger partial charge in [0, 0.05) is 30.6 Å². The number of imide groups is 1. The van der Waals surface area contributed by atoms with Crippen molar-refractivity contribution in [2.45, 2.75) is 71.4 Å². The Hall–Kier alpha value is -2.81. The molecule has 9 heteroatoms. The quantitative estimate of drug-likeness (QED) is 0.530. The molecule has 0 spiro atoms. The Kier molecular flexibility index (Phi) is 7.84. The minimum absolute atomic E-state index is 0.000719. The molecule has 0 saturated carbocycles. The first kappa shape index (κ1) is 25.3. The number of thiazole rings is 1. The highest BCUT2D eigenvalue weighted by Gasteiger charge is 2.55. The fourth-order valence-corrected chi connectivity index (χ4v) is 5.96. The van der Waals surface area contributed by atoms with E-state index in [-0.39, 0.29) is 30.3 Å². The highest BCUT2D eigenvalue weighted by molar-refractivity contribution is 7.09. The summed E-state index contributed by atoms with van der Waals surface area (Å²) in [6.07, 6.45) is 5.71. The van der Waals surface area contributed by atoms with Crippen LogP contribution in [0.1, 0.15) is 62.2 Å². The Labute approximate surface area is 211 Å². The van der Waals surface area contributed by atoms with E-state index < -0.39 is 5.54 Å². The van der Waals surface area contributed by atoms with Crippen molar-refractivity contribution in [3.63, 3.8) is 0 Å². The van der Waals surface area contributed by atoms with Crippen LogP contribution in [-0.2, 0) is 22.6 Å². The number of urea groups is 1. The van der Waals surface area contributed by atoms with Crippen molar-refractivity contribution >= 4 is 29.2 Å². The van der Waals surface area contributed by atoms with Gasteiger partial charge >= 0.3 is 6.03 Å². The smallest absolute Gasteiger partial charge is 0.325 e.